The van der Waals surface area contributed by atoms with Crippen molar-refractivity contribution >= 4 is 10.9 Å². The molecule has 0 fully saturated rings. The van der Waals surface area contributed by atoms with Crippen LogP contribution in [0.3, 0.4) is 0 Å². The van der Waals surface area contributed by atoms with Crippen molar-refractivity contribution in [3.63, 3.8) is 0 Å². The Bertz CT molecular complexity index is 766. The number of alkyl halides is 2. The highest BCUT2D eigenvalue weighted by Crippen LogP contribution is 2.26. The molecule has 0 aliphatic carbocycles. The number of nitrogens with one attached hydrogen (secondary N) is 1. The van der Waals surface area contributed by atoms with E-state index in [1.54, 1.807) is 24.4 Å². The summed E-state index contributed by atoms with van der Waals surface area (Å²) >= 11 is 0. The van der Waals surface area contributed by atoms with Crippen LogP contribution < -0.4 is 4.74 Å². The molecule has 0 aliphatic heterocycles. The minimum absolute atomic E-state index is 0.157. The lowest BCUT2D eigenvalue weighted by atomic mass is 10.0. The summed E-state index contributed by atoms with van der Waals surface area (Å²) in [5.41, 5.74) is 2.93. The number of phenolic OH excluding ortho intramolecular Hbond substituents is 1. The minimum Gasteiger partial charge on any atom is -0.507 e. The maximum absolute atomic E-state index is 12.1. The maximum Gasteiger partial charge on any atom is 0.387 e. The average molecular weight is 303 g/mol. The van der Waals surface area contributed by atoms with Gasteiger partial charge in [-0.1, -0.05) is 12.1 Å². The van der Waals surface area contributed by atoms with Crippen LogP contribution in [0.15, 0.2) is 48.7 Å². The van der Waals surface area contributed by atoms with E-state index in [-0.39, 0.29) is 11.5 Å². The molecule has 114 valence electrons. The lowest BCUT2D eigenvalue weighted by molar-refractivity contribution is -0.0498. The second-order valence-corrected chi connectivity index (χ2v) is 5.08. The zero-order valence-electron chi connectivity index (χ0n) is 11.7. The molecule has 0 radical (unpaired) electrons. The van der Waals surface area contributed by atoms with Crippen LogP contribution in [-0.2, 0) is 12.8 Å². The second kappa shape index (κ2) is 6.05. The fourth-order valence-electron chi connectivity index (χ4n) is 2.48. The van der Waals surface area contributed by atoms with Crippen molar-refractivity contribution in [3.8, 4) is 11.5 Å². The number of rotatable bonds is 5. The third kappa shape index (κ3) is 3.19. The van der Waals surface area contributed by atoms with Crippen LogP contribution in [0, 0.1) is 0 Å². The lowest BCUT2D eigenvalue weighted by Crippen LogP contribution is -2.01. The number of fused-ring (bicyclic) bond motifs is 1. The second-order valence-electron chi connectivity index (χ2n) is 5.08. The first-order chi connectivity index (χ1) is 10.6. The number of phenols is 1. The molecular weight excluding hydrogens is 288 g/mol. The van der Waals surface area contributed by atoms with Crippen molar-refractivity contribution in [2.75, 3.05) is 0 Å². The monoisotopic (exact) mass is 303 g/mol. The number of hydrogen-bond donors (Lipinski definition) is 2. The van der Waals surface area contributed by atoms with Crippen molar-refractivity contribution in [3.05, 3.63) is 59.8 Å². The number of ether oxygens (including phenoxy) is 1. The van der Waals surface area contributed by atoms with E-state index in [0.717, 1.165) is 34.9 Å². The molecule has 1 heterocycles. The topological polar surface area (TPSA) is 45.2 Å². The van der Waals surface area contributed by atoms with Crippen molar-refractivity contribution < 1.29 is 18.6 Å². The minimum atomic E-state index is -2.80. The van der Waals surface area contributed by atoms with Crippen molar-refractivity contribution in [2.45, 2.75) is 19.5 Å². The van der Waals surface area contributed by atoms with Crippen LogP contribution >= 0.6 is 0 Å². The zero-order chi connectivity index (χ0) is 15.5. The Kier molecular flexibility index (Phi) is 3.96. The summed E-state index contributed by atoms with van der Waals surface area (Å²) in [7, 11) is 0. The van der Waals surface area contributed by atoms with Gasteiger partial charge in [0.25, 0.3) is 0 Å². The zero-order valence-corrected chi connectivity index (χ0v) is 11.7. The molecule has 0 amide bonds. The van der Waals surface area contributed by atoms with E-state index in [1.807, 2.05) is 12.1 Å². The molecule has 2 N–H and O–H groups in total. The summed E-state index contributed by atoms with van der Waals surface area (Å²) in [4.78, 5) is 3.08. The van der Waals surface area contributed by atoms with Crippen LogP contribution in [0.1, 0.15) is 11.1 Å². The molecule has 22 heavy (non-hydrogen) atoms. The predicted octanol–water partition coefficient (Wildman–Crippen LogP) is 4.26. The van der Waals surface area contributed by atoms with Gasteiger partial charge in [-0.25, -0.2) is 0 Å². The molecule has 0 unspecified atom stereocenters. The van der Waals surface area contributed by atoms with E-state index in [0.29, 0.717) is 0 Å². The Hall–Kier alpha value is -2.56. The first-order valence-electron chi connectivity index (χ1n) is 6.94. The van der Waals surface area contributed by atoms with E-state index in [9.17, 15) is 13.9 Å². The molecule has 5 heteroatoms. The van der Waals surface area contributed by atoms with Gasteiger partial charge in [-0.15, -0.1) is 0 Å². The molecule has 3 nitrogen and oxygen atoms in total. The fraction of sp³-hybridized carbons (Fsp3) is 0.176. The van der Waals surface area contributed by atoms with Gasteiger partial charge in [0.05, 0.1) is 0 Å². The normalized spacial score (nSPS) is 11.2. The Morgan fingerprint density at radius 3 is 2.45 bits per heavy atom. The molecular formula is C17H15F2NO2. The molecule has 0 bridgehead atoms. The number of aromatic hydroxyl groups is 1. The third-order valence-electron chi connectivity index (χ3n) is 3.56. The molecule has 0 saturated carbocycles. The van der Waals surface area contributed by atoms with Gasteiger partial charge in [0.2, 0.25) is 0 Å². The Morgan fingerprint density at radius 1 is 1.00 bits per heavy atom. The number of benzene rings is 2. The number of aromatic nitrogens is 1. The van der Waals surface area contributed by atoms with E-state index in [1.165, 1.54) is 12.1 Å². The van der Waals surface area contributed by atoms with E-state index in [2.05, 4.69) is 9.72 Å². The Labute approximate surface area is 126 Å². The first-order valence-corrected chi connectivity index (χ1v) is 6.94. The van der Waals surface area contributed by atoms with Gasteiger partial charge in [0.15, 0.2) is 0 Å². The smallest absolute Gasteiger partial charge is 0.387 e. The molecule has 0 spiro atoms. The summed E-state index contributed by atoms with van der Waals surface area (Å²) in [5, 5.41) is 10.8. The van der Waals surface area contributed by atoms with Gasteiger partial charge < -0.3 is 14.8 Å². The number of aromatic amines is 1. The lowest BCUT2D eigenvalue weighted by Gasteiger charge is -2.07. The molecule has 0 atom stereocenters. The number of halogens is 2. The Morgan fingerprint density at radius 2 is 1.73 bits per heavy atom. The SMILES string of the molecule is Oc1cc(CCc2ccc(OC(F)F)cc2)cc2[nH]ccc12. The largest absolute Gasteiger partial charge is 0.507 e. The number of aryl methyl sites for hydroxylation is 2. The van der Waals surface area contributed by atoms with Crippen LogP contribution in [0.2, 0.25) is 0 Å². The molecule has 3 rings (SSSR count). The number of hydrogen-bond acceptors (Lipinski definition) is 2. The standard InChI is InChI=1S/C17H15F2NO2/c18-17(19)22-13-5-3-11(4-6-13)1-2-12-9-15-14(7-8-20-15)16(21)10-12/h3-10,17,20-21H,1-2H2. The third-order valence-corrected chi connectivity index (χ3v) is 3.56. The van der Waals surface area contributed by atoms with Crippen LogP contribution in [0.5, 0.6) is 11.5 Å². The molecule has 3 aromatic rings. The maximum atomic E-state index is 12.1. The van der Waals surface area contributed by atoms with E-state index >= 15 is 0 Å². The highest BCUT2D eigenvalue weighted by molar-refractivity contribution is 5.86. The summed E-state index contributed by atoms with van der Waals surface area (Å²) in [6.45, 7) is -2.80. The molecule has 0 saturated heterocycles. The van der Waals surface area contributed by atoms with Gasteiger partial charge in [0.1, 0.15) is 11.5 Å². The number of H-pyrrole nitrogens is 1. The van der Waals surface area contributed by atoms with Crippen molar-refractivity contribution in [1.82, 2.24) is 4.98 Å². The van der Waals surface area contributed by atoms with E-state index in [4.69, 9.17) is 0 Å². The Balaban J connectivity index is 1.68. The van der Waals surface area contributed by atoms with Crippen molar-refractivity contribution in [1.29, 1.82) is 0 Å². The highest BCUT2D eigenvalue weighted by Gasteiger charge is 2.06. The first kappa shape index (κ1) is 14.4. The summed E-state index contributed by atoms with van der Waals surface area (Å²) in [5.74, 6) is 0.415. The van der Waals surface area contributed by atoms with Crippen molar-refractivity contribution in [2.24, 2.45) is 0 Å². The molecule has 0 aliphatic rings. The van der Waals surface area contributed by atoms with Gasteiger partial charge in [-0.3, -0.25) is 0 Å². The van der Waals surface area contributed by atoms with Gasteiger partial charge in [-0.05, 0) is 54.3 Å². The van der Waals surface area contributed by atoms with Crippen LogP contribution in [0.4, 0.5) is 8.78 Å². The van der Waals surface area contributed by atoms with Crippen LogP contribution in [-0.4, -0.2) is 16.7 Å². The predicted molar refractivity (Wildman–Crippen MR) is 80.4 cm³/mol. The van der Waals surface area contributed by atoms with Gasteiger partial charge in [-0.2, -0.15) is 8.78 Å². The highest BCUT2D eigenvalue weighted by atomic mass is 19.3. The van der Waals surface area contributed by atoms with Crippen LogP contribution in [0.25, 0.3) is 10.9 Å². The molecule has 1 aromatic heterocycles. The quantitative estimate of drug-likeness (QED) is 0.739. The summed E-state index contributed by atoms with van der Waals surface area (Å²) < 4.78 is 28.5. The van der Waals surface area contributed by atoms with Gasteiger partial charge in [0, 0.05) is 17.1 Å². The average Bonchev–Trinajstić information content (AvgIpc) is 2.95. The molecule has 2 aromatic carbocycles. The fourth-order valence-corrected chi connectivity index (χ4v) is 2.48. The van der Waals surface area contributed by atoms with E-state index < -0.39 is 6.61 Å². The summed E-state index contributed by atoms with van der Waals surface area (Å²) in [6, 6.07) is 12.2. The summed E-state index contributed by atoms with van der Waals surface area (Å²) in [6.07, 6.45) is 3.29. The van der Waals surface area contributed by atoms with Gasteiger partial charge >= 0.3 is 6.61 Å².